The van der Waals surface area contributed by atoms with Gasteiger partial charge in [0, 0.05) is 4.91 Å². The van der Waals surface area contributed by atoms with Gasteiger partial charge in [0.05, 0.1) is 11.1 Å². The van der Waals surface area contributed by atoms with E-state index in [9.17, 15) is 24.7 Å². The van der Waals surface area contributed by atoms with Gasteiger partial charge in [-0.15, -0.1) is 22.0 Å². The minimum absolute atomic E-state index is 0.0545. The van der Waals surface area contributed by atoms with Gasteiger partial charge in [-0.25, -0.2) is 9.78 Å². The number of hydrogen-bond donors (Lipinski definition) is 4. The van der Waals surface area contributed by atoms with Crippen LogP contribution in [-0.2, 0) is 14.4 Å². The molecule has 0 aliphatic carbocycles. The summed E-state index contributed by atoms with van der Waals surface area (Å²) in [6, 6.07) is -1.51. The number of carboxylic acids is 1. The molecule has 12 nitrogen and oxygen atoms in total. The molecule has 33 heavy (non-hydrogen) atoms. The maximum Gasteiger partial charge on any atom is 0.353 e. The smallest absolute Gasteiger partial charge is 0.353 e. The second-order valence-electron chi connectivity index (χ2n) is 6.58. The number of carbonyl (C=O) groups is 3. The number of nitrogen functional groups attached to an aromatic ring is 1. The first-order valence-corrected chi connectivity index (χ1v) is 13.1. The zero-order chi connectivity index (χ0) is 23.7. The summed E-state index contributed by atoms with van der Waals surface area (Å²) in [5.74, 6) is -2.66. The van der Waals surface area contributed by atoms with E-state index in [1.807, 2.05) is 0 Å². The Morgan fingerprint density at radius 1 is 1.42 bits per heavy atom. The number of carboxylic acid groups (broad SMARTS) is 1. The summed E-state index contributed by atoms with van der Waals surface area (Å²) in [6.45, 7) is 0. The van der Waals surface area contributed by atoms with Gasteiger partial charge < -0.3 is 21.4 Å². The third-order valence-corrected chi connectivity index (χ3v) is 9.00. The van der Waals surface area contributed by atoms with Gasteiger partial charge in [-0.2, -0.15) is 0 Å². The van der Waals surface area contributed by atoms with Crippen molar-refractivity contribution in [2.75, 3.05) is 10.8 Å². The number of amides is 2. The topological polar surface area (TPSA) is 184 Å². The molecule has 0 unspecified atom stereocenters. The number of β-lactam (4-membered cyclic amide) rings is 1. The first-order valence-electron chi connectivity index (χ1n) is 9.08. The predicted molar refractivity (Wildman–Crippen MR) is 125 cm³/mol. The van der Waals surface area contributed by atoms with Gasteiger partial charge in [0.25, 0.3) is 11.8 Å². The molecule has 0 radical (unpaired) electrons. The fraction of sp³-hybridized carbons (Fsp3) is 0.312. The highest BCUT2D eigenvalue weighted by Gasteiger charge is 2.53. The van der Waals surface area contributed by atoms with Gasteiger partial charge in [0.1, 0.15) is 27.3 Å². The number of thiazole rings is 1. The number of allylic oxidation sites excluding steroid dienone is 1. The third-order valence-electron chi connectivity index (χ3n) is 4.78. The van der Waals surface area contributed by atoms with E-state index < -0.39 is 35.6 Å². The highest BCUT2D eigenvalue weighted by atomic mass is 35.5. The van der Waals surface area contributed by atoms with Crippen molar-refractivity contribution in [1.29, 1.82) is 0 Å². The van der Waals surface area contributed by atoms with Crippen LogP contribution in [0.2, 0.25) is 4.34 Å². The van der Waals surface area contributed by atoms with Crippen molar-refractivity contribution in [3.8, 4) is 0 Å². The second-order valence-corrected chi connectivity index (χ2v) is 11.7. The molecule has 2 aromatic rings. The van der Waals surface area contributed by atoms with E-state index in [0.717, 1.165) is 15.7 Å². The number of carbonyl (C=O) groups excluding carboxylic acids is 2. The van der Waals surface area contributed by atoms with E-state index in [1.54, 1.807) is 5.51 Å². The standard InChI is InChI=1S/C16H14ClN7O5S4/c17-11-8(21-15(18)33-11)9(23-29)12(25)20-7-5-1-2-6(10(14(27)28)24(5)13(7)26)31-4-32-16-22-19-3-30-16/h3,5,7,29H,1-2,4H2,(H2,18,21)(H,20,25)(H,27,28)/t5-,7+/m1/s1. The van der Waals surface area contributed by atoms with Crippen LogP contribution in [0.5, 0.6) is 0 Å². The van der Waals surface area contributed by atoms with Crippen LogP contribution >= 0.6 is 57.8 Å². The van der Waals surface area contributed by atoms with Gasteiger partial charge in [0.2, 0.25) is 0 Å². The Morgan fingerprint density at radius 3 is 2.82 bits per heavy atom. The van der Waals surface area contributed by atoms with E-state index in [2.05, 4.69) is 25.7 Å². The minimum atomic E-state index is -1.22. The van der Waals surface area contributed by atoms with Crippen molar-refractivity contribution in [2.45, 2.75) is 29.3 Å². The Bertz CT molecular complexity index is 1170. The highest BCUT2D eigenvalue weighted by Crippen LogP contribution is 2.42. The van der Waals surface area contributed by atoms with E-state index >= 15 is 0 Å². The minimum Gasteiger partial charge on any atom is -0.477 e. The van der Waals surface area contributed by atoms with Crippen molar-refractivity contribution in [2.24, 2.45) is 5.16 Å². The van der Waals surface area contributed by atoms with E-state index in [-0.39, 0.29) is 20.9 Å². The van der Waals surface area contributed by atoms with Crippen LogP contribution in [0.1, 0.15) is 18.5 Å². The zero-order valence-electron chi connectivity index (χ0n) is 16.3. The lowest BCUT2D eigenvalue weighted by Crippen LogP contribution is -2.72. The van der Waals surface area contributed by atoms with Crippen LogP contribution in [0.15, 0.2) is 25.6 Å². The van der Waals surface area contributed by atoms with Crippen LogP contribution in [-0.4, -0.2) is 71.1 Å². The normalized spacial score (nSPS) is 20.5. The zero-order valence-corrected chi connectivity index (χ0v) is 20.3. The van der Waals surface area contributed by atoms with Crippen molar-refractivity contribution < 1.29 is 24.7 Å². The summed E-state index contributed by atoms with van der Waals surface area (Å²) in [7, 11) is 0. The molecule has 0 spiro atoms. The monoisotopic (exact) mass is 547 g/mol. The number of anilines is 1. The Hall–Kier alpha value is -2.40. The number of nitrogens with one attached hydrogen (secondary N) is 1. The summed E-state index contributed by atoms with van der Waals surface area (Å²) in [6.07, 6.45) is 0.883. The number of aromatic nitrogens is 3. The fourth-order valence-electron chi connectivity index (χ4n) is 3.42. The van der Waals surface area contributed by atoms with Crippen LogP contribution < -0.4 is 11.1 Å². The molecule has 2 amide bonds. The molecular weight excluding hydrogens is 534 g/mol. The molecule has 2 aliphatic heterocycles. The maximum atomic E-state index is 12.8. The molecule has 4 heterocycles. The molecule has 0 aromatic carbocycles. The van der Waals surface area contributed by atoms with Crippen LogP contribution in [0.3, 0.4) is 0 Å². The van der Waals surface area contributed by atoms with Crippen molar-refractivity contribution in [1.82, 2.24) is 25.4 Å². The Morgan fingerprint density at radius 2 is 2.21 bits per heavy atom. The third kappa shape index (κ3) is 4.65. The number of rotatable bonds is 8. The van der Waals surface area contributed by atoms with E-state index in [0.29, 0.717) is 22.8 Å². The average molecular weight is 548 g/mol. The molecule has 2 aliphatic rings. The van der Waals surface area contributed by atoms with Crippen molar-refractivity contribution >= 4 is 86.4 Å². The molecule has 4 rings (SSSR count). The summed E-state index contributed by atoms with van der Waals surface area (Å²) in [5.41, 5.74) is 6.49. The highest BCUT2D eigenvalue weighted by molar-refractivity contribution is 8.18. The molecule has 1 saturated heterocycles. The second kappa shape index (κ2) is 9.84. The van der Waals surface area contributed by atoms with Crippen LogP contribution in [0.4, 0.5) is 5.13 Å². The van der Waals surface area contributed by atoms with Crippen molar-refractivity contribution in [3.05, 3.63) is 26.1 Å². The lowest BCUT2D eigenvalue weighted by atomic mass is 9.86. The molecule has 5 N–H and O–H groups in total. The van der Waals surface area contributed by atoms with Gasteiger partial charge in [0.15, 0.2) is 15.2 Å². The van der Waals surface area contributed by atoms with Gasteiger partial charge in [-0.05, 0) is 12.8 Å². The number of fused-ring (bicyclic) bond motifs is 1. The Balaban J connectivity index is 1.45. The molecule has 2 aromatic heterocycles. The summed E-state index contributed by atoms with van der Waals surface area (Å²) >= 11 is 11.0. The van der Waals surface area contributed by atoms with Crippen LogP contribution in [0.25, 0.3) is 0 Å². The predicted octanol–water partition coefficient (Wildman–Crippen LogP) is 1.68. The van der Waals surface area contributed by atoms with E-state index in [1.165, 1.54) is 39.8 Å². The number of thioether (sulfide) groups is 2. The molecule has 1 fully saturated rings. The lowest BCUT2D eigenvalue weighted by molar-refractivity contribution is -0.155. The lowest BCUT2D eigenvalue weighted by Gasteiger charge is -2.50. The summed E-state index contributed by atoms with van der Waals surface area (Å²) in [4.78, 5) is 43.0. The number of oxime groups is 1. The average Bonchev–Trinajstić information content (AvgIpc) is 3.41. The number of nitrogens with zero attached hydrogens (tertiary/aromatic N) is 5. The first kappa shape index (κ1) is 23.7. The number of nitrogens with two attached hydrogens (primary N) is 1. The largest absolute Gasteiger partial charge is 0.477 e. The summed E-state index contributed by atoms with van der Waals surface area (Å²) < 4.78 is 0.818. The number of aliphatic carboxylic acids is 1. The quantitative estimate of drug-likeness (QED) is 0.0940. The molecular formula is C16H14ClN7O5S4. The molecule has 0 saturated carbocycles. The maximum absolute atomic E-state index is 12.8. The van der Waals surface area contributed by atoms with Crippen LogP contribution in [0, 0.1) is 0 Å². The molecule has 174 valence electrons. The summed E-state index contributed by atoms with van der Waals surface area (Å²) in [5, 5.41) is 32.7. The Labute approximate surface area is 207 Å². The van der Waals surface area contributed by atoms with E-state index in [4.69, 9.17) is 17.3 Å². The molecule has 2 atom stereocenters. The van der Waals surface area contributed by atoms with Gasteiger partial charge in [-0.1, -0.05) is 51.2 Å². The number of halogens is 1. The Kier molecular flexibility index (Phi) is 7.08. The van der Waals surface area contributed by atoms with Gasteiger partial charge >= 0.3 is 5.97 Å². The van der Waals surface area contributed by atoms with Crippen molar-refractivity contribution in [3.63, 3.8) is 0 Å². The molecule has 0 bridgehead atoms. The number of hydrogen-bond acceptors (Lipinski definition) is 13. The SMILES string of the molecule is Nc1nc(C(=NO)C(=O)N[C@@H]2C(=O)N3C(C(=O)O)=C(SCSc4nncs4)CC[C@H]23)c(Cl)s1. The first-order chi connectivity index (χ1) is 15.8. The molecule has 17 heteroatoms. The van der Waals surface area contributed by atoms with Gasteiger partial charge in [-0.3, -0.25) is 14.5 Å². The fourth-order valence-corrected chi connectivity index (χ4v) is 7.36.